The Bertz CT molecular complexity index is 949. The van der Waals surface area contributed by atoms with E-state index in [0.29, 0.717) is 12.5 Å². The number of aromatic nitrogens is 2. The number of rotatable bonds is 8. The van der Waals surface area contributed by atoms with Gasteiger partial charge < -0.3 is 15.1 Å². The third kappa shape index (κ3) is 6.18. The van der Waals surface area contributed by atoms with Gasteiger partial charge in [-0.05, 0) is 30.0 Å². The minimum Gasteiger partial charge on any atom is -0.356 e. The molecule has 0 radical (unpaired) electrons. The van der Waals surface area contributed by atoms with Gasteiger partial charge in [-0.25, -0.2) is 9.67 Å². The summed E-state index contributed by atoms with van der Waals surface area (Å²) in [7, 11) is 5.45. The third-order valence-corrected chi connectivity index (χ3v) is 5.47. The fourth-order valence-corrected chi connectivity index (χ4v) is 3.57. The van der Waals surface area contributed by atoms with Crippen LogP contribution in [0.25, 0.3) is 5.69 Å². The van der Waals surface area contributed by atoms with Crippen molar-refractivity contribution in [2.75, 3.05) is 34.2 Å². The van der Waals surface area contributed by atoms with Gasteiger partial charge in [0.05, 0.1) is 11.9 Å². The van der Waals surface area contributed by atoms with E-state index in [1.54, 1.807) is 30.3 Å². The highest BCUT2D eigenvalue weighted by atomic mass is 32.1. The standard InChI is InChI=1S/C22H28N6OS/c1-26(2)21(29)15-24-22(23-12-11-20-10-7-13-30-20)27(3)16-18-14-25-28(17-18)19-8-5-4-6-9-19/h4-10,13-14,17H,11-12,15-16H2,1-3H3,(H,23,24). The van der Waals surface area contributed by atoms with Crippen molar-refractivity contribution in [2.45, 2.75) is 13.0 Å². The topological polar surface area (TPSA) is 65.8 Å². The summed E-state index contributed by atoms with van der Waals surface area (Å²) in [5.41, 5.74) is 2.08. The molecule has 0 spiro atoms. The first kappa shape index (κ1) is 21.6. The molecule has 0 fully saturated rings. The number of hydrogen-bond donors (Lipinski definition) is 1. The predicted molar refractivity (Wildman–Crippen MR) is 122 cm³/mol. The van der Waals surface area contributed by atoms with E-state index >= 15 is 0 Å². The van der Waals surface area contributed by atoms with Crippen molar-refractivity contribution < 1.29 is 4.79 Å². The Hall–Kier alpha value is -3.13. The molecule has 8 heteroatoms. The molecule has 30 heavy (non-hydrogen) atoms. The number of likely N-dealkylation sites (N-methyl/N-ethyl adjacent to an activating group) is 1. The second-order valence-electron chi connectivity index (χ2n) is 7.17. The molecule has 1 aromatic carbocycles. The highest BCUT2D eigenvalue weighted by Crippen LogP contribution is 2.10. The van der Waals surface area contributed by atoms with Gasteiger partial charge >= 0.3 is 0 Å². The zero-order valence-electron chi connectivity index (χ0n) is 17.7. The lowest BCUT2D eigenvalue weighted by Crippen LogP contribution is -2.40. The number of thiophene rings is 1. The molecule has 7 nitrogen and oxygen atoms in total. The molecule has 158 valence electrons. The van der Waals surface area contributed by atoms with E-state index in [1.807, 2.05) is 59.4 Å². The number of nitrogens with one attached hydrogen (secondary N) is 1. The van der Waals surface area contributed by atoms with Gasteiger partial charge in [-0.1, -0.05) is 24.3 Å². The summed E-state index contributed by atoms with van der Waals surface area (Å²) < 4.78 is 1.86. The molecular formula is C22H28N6OS. The van der Waals surface area contributed by atoms with Crippen molar-refractivity contribution in [1.29, 1.82) is 0 Å². The van der Waals surface area contributed by atoms with Gasteiger partial charge in [-0.15, -0.1) is 11.3 Å². The first-order valence-electron chi connectivity index (χ1n) is 9.84. The van der Waals surface area contributed by atoms with E-state index in [9.17, 15) is 4.79 Å². The van der Waals surface area contributed by atoms with Crippen LogP contribution < -0.4 is 5.32 Å². The van der Waals surface area contributed by atoms with Crippen LogP contribution in [0, 0.1) is 0 Å². The van der Waals surface area contributed by atoms with Crippen LogP contribution in [0.4, 0.5) is 0 Å². The summed E-state index contributed by atoms with van der Waals surface area (Å²) in [5, 5.41) is 9.94. The van der Waals surface area contributed by atoms with E-state index in [1.165, 1.54) is 4.88 Å². The van der Waals surface area contributed by atoms with Crippen LogP contribution in [0.2, 0.25) is 0 Å². The first-order valence-corrected chi connectivity index (χ1v) is 10.7. The second-order valence-corrected chi connectivity index (χ2v) is 8.20. The summed E-state index contributed by atoms with van der Waals surface area (Å²) in [6, 6.07) is 14.2. The van der Waals surface area contributed by atoms with Gasteiger partial charge in [0.1, 0.15) is 6.54 Å². The molecule has 0 atom stereocenters. The van der Waals surface area contributed by atoms with Gasteiger partial charge in [-0.2, -0.15) is 5.10 Å². The number of hydrogen-bond acceptors (Lipinski definition) is 4. The van der Waals surface area contributed by atoms with Gasteiger partial charge in [0.25, 0.3) is 0 Å². The molecule has 0 saturated carbocycles. The van der Waals surface area contributed by atoms with Gasteiger partial charge in [0.15, 0.2) is 5.96 Å². The zero-order chi connectivity index (χ0) is 21.3. The first-order chi connectivity index (χ1) is 14.5. The molecule has 1 N–H and O–H groups in total. The number of carbonyl (C=O) groups is 1. The number of benzene rings is 1. The van der Waals surface area contributed by atoms with E-state index < -0.39 is 0 Å². The van der Waals surface area contributed by atoms with Crippen LogP contribution in [0.5, 0.6) is 0 Å². The number of guanidine groups is 1. The maximum absolute atomic E-state index is 12.0. The molecule has 0 unspecified atom stereocenters. The van der Waals surface area contributed by atoms with E-state index in [2.05, 4.69) is 32.9 Å². The average molecular weight is 425 g/mol. The number of carbonyl (C=O) groups excluding carboxylic acids is 1. The van der Waals surface area contributed by atoms with Crippen molar-refractivity contribution in [3.8, 4) is 5.69 Å². The average Bonchev–Trinajstić information content (AvgIpc) is 3.43. The molecule has 2 aromatic heterocycles. The Morgan fingerprint density at radius 1 is 1.17 bits per heavy atom. The van der Waals surface area contributed by atoms with Crippen LogP contribution in [0.1, 0.15) is 10.4 Å². The lowest BCUT2D eigenvalue weighted by molar-refractivity contribution is -0.127. The minimum atomic E-state index is -0.0298. The Morgan fingerprint density at radius 3 is 2.67 bits per heavy atom. The quantitative estimate of drug-likeness (QED) is 0.446. The van der Waals surface area contributed by atoms with E-state index in [0.717, 1.165) is 24.2 Å². The minimum absolute atomic E-state index is 0.0298. The number of nitrogens with zero attached hydrogens (tertiary/aromatic N) is 5. The molecule has 0 bridgehead atoms. The molecule has 2 heterocycles. The summed E-state index contributed by atoms with van der Waals surface area (Å²) in [5.74, 6) is 0.673. The second kappa shape index (κ2) is 10.6. The fourth-order valence-electron chi connectivity index (χ4n) is 2.86. The van der Waals surface area contributed by atoms with Crippen LogP contribution in [-0.4, -0.2) is 65.7 Å². The summed E-state index contributed by atoms with van der Waals surface area (Å²) in [4.78, 5) is 21.4. The van der Waals surface area contributed by atoms with E-state index in [4.69, 9.17) is 0 Å². The highest BCUT2D eigenvalue weighted by molar-refractivity contribution is 7.09. The Kier molecular flexibility index (Phi) is 7.62. The summed E-state index contributed by atoms with van der Waals surface area (Å²) in [6.07, 6.45) is 4.79. The maximum atomic E-state index is 12.0. The van der Waals surface area contributed by atoms with Crippen molar-refractivity contribution in [2.24, 2.45) is 4.99 Å². The SMILES string of the molecule is CN(C)C(=O)CN=C(NCCc1cccs1)N(C)Cc1cnn(-c2ccccc2)c1. The molecule has 1 amide bonds. The molecule has 0 aliphatic heterocycles. The van der Waals surface area contributed by atoms with Crippen LogP contribution in [-0.2, 0) is 17.8 Å². The summed E-state index contributed by atoms with van der Waals surface area (Å²) in [6.45, 7) is 1.50. The summed E-state index contributed by atoms with van der Waals surface area (Å²) >= 11 is 1.74. The van der Waals surface area contributed by atoms with Crippen molar-refractivity contribution in [3.63, 3.8) is 0 Å². The molecule has 0 aliphatic rings. The van der Waals surface area contributed by atoms with Crippen LogP contribution in [0.15, 0.2) is 65.2 Å². The highest BCUT2D eigenvalue weighted by Gasteiger charge is 2.11. The largest absolute Gasteiger partial charge is 0.356 e. The molecule has 3 aromatic rings. The van der Waals surface area contributed by atoms with Crippen molar-refractivity contribution >= 4 is 23.2 Å². The van der Waals surface area contributed by atoms with Gasteiger partial charge in [-0.3, -0.25) is 4.79 Å². The lowest BCUT2D eigenvalue weighted by Gasteiger charge is -2.22. The number of aliphatic imine (C=N–C) groups is 1. The van der Waals surface area contributed by atoms with Crippen LogP contribution in [0.3, 0.4) is 0 Å². The Balaban J connectivity index is 1.65. The molecular weight excluding hydrogens is 396 g/mol. The molecule has 0 aliphatic carbocycles. The van der Waals surface area contributed by atoms with E-state index in [-0.39, 0.29) is 12.5 Å². The number of para-hydroxylation sites is 1. The van der Waals surface area contributed by atoms with Crippen LogP contribution >= 0.6 is 11.3 Å². The van der Waals surface area contributed by atoms with Gasteiger partial charge in [0.2, 0.25) is 5.91 Å². The van der Waals surface area contributed by atoms with Crippen molar-refractivity contribution in [3.05, 3.63) is 70.7 Å². The Labute approximate surface area is 181 Å². The fraction of sp³-hybridized carbons (Fsp3) is 0.318. The maximum Gasteiger partial charge on any atom is 0.243 e. The number of amides is 1. The smallest absolute Gasteiger partial charge is 0.243 e. The third-order valence-electron chi connectivity index (χ3n) is 4.54. The Morgan fingerprint density at radius 2 is 1.97 bits per heavy atom. The van der Waals surface area contributed by atoms with Crippen molar-refractivity contribution in [1.82, 2.24) is 24.9 Å². The predicted octanol–water partition coefficient (Wildman–Crippen LogP) is 2.64. The molecule has 3 rings (SSSR count). The van der Waals surface area contributed by atoms with Gasteiger partial charge in [0, 0.05) is 50.9 Å². The molecule has 0 saturated heterocycles. The lowest BCUT2D eigenvalue weighted by atomic mass is 10.3. The normalized spacial score (nSPS) is 11.4. The monoisotopic (exact) mass is 424 g/mol. The zero-order valence-corrected chi connectivity index (χ0v) is 18.5.